The van der Waals surface area contributed by atoms with Gasteiger partial charge in [-0.3, -0.25) is 4.90 Å². The van der Waals surface area contributed by atoms with Gasteiger partial charge in [0, 0.05) is 26.7 Å². The second-order valence-electron chi connectivity index (χ2n) is 4.30. The van der Waals surface area contributed by atoms with Crippen molar-refractivity contribution in [2.75, 3.05) is 33.4 Å². The maximum absolute atomic E-state index is 12.2. The van der Waals surface area contributed by atoms with Crippen LogP contribution in [-0.2, 0) is 9.47 Å². The van der Waals surface area contributed by atoms with Crippen LogP contribution in [-0.4, -0.2) is 67.8 Å². The normalized spacial score (nSPS) is 29.3. The molecule has 0 aliphatic carbocycles. The van der Waals surface area contributed by atoms with Crippen molar-refractivity contribution in [2.24, 2.45) is 0 Å². The summed E-state index contributed by atoms with van der Waals surface area (Å²) >= 11 is 0. The number of β-amino-alcohol motifs (C(OH)–C–C–N with tert-alkyl or cyclic N) is 1. The molecule has 7 heteroatoms. The molecule has 3 atom stereocenters. The highest BCUT2D eigenvalue weighted by Crippen LogP contribution is 2.22. The van der Waals surface area contributed by atoms with Gasteiger partial charge in [-0.2, -0.15) is 13.2 Å². The molecule has 1 rings (SSSR count). The lowest BCUT2D eigenvalue weighted by Crippen LogP contribution is -2.52. The lowest BCUT2D eigenvalue weighted by atomic mass is 10.2. The largest absolute Gasteiger partial charge is 0.415 e. The van der Waals surface area contributed by atoms with Gasteiger partial charge in [-0.1, -0.05) is 0 Å². The number of hydrogen-bond donors (Lipinski definition) is 1. The number of alkyl halides is 3. The SMILES string of the molecule is COC[C@@H]1CN(C[C@H](O)C(F)(F)F)C[C@@H](C)O1. The first-order valence-electron chi connectivity index (χ1n) is 5.44. The van der Waals surface area contributed by atoms with E-state index in [-0.39, 0.29) is 12.2 Å². The fourth-order valence-corrected chi connectivity index (χ4v) is 1.92. The van der Waals surface area contributed by atoms with Crippen LogP contribution in [0.15, 0.2) is 0 Å². The van der Waals surface area contributed by atoms with E-state index in [1.165, 1.54) is 7.11 Å². The standard InChI is InChI=1S/C10H18F3NO3/c1-7-3-14(4-8(17-7)6-16-2)5-9(15)10(11,12)13/h7-9,15H,3-6H2,1-2H3/t7-,8+,9+/m1/s1. The molecular formula is C10H18F3NO3. The molecule has 4 nitrogen and oxygen atoms in total. The Labute approximate surface area is 98.3 Å². The van der Waals surface area contributed by atoms with Crippen LogP contribution in [0.1, 0.15) is 6.92 Å². The Morgan fingerprint density at radius 3 is 2.65 bits per heavy atom. The minimum absolute atomic E-state index is 0.163. The van der Waals surface area contributed by atoms with Gasteiger partial charge < -0.3 is 14.6 Å². The fourth-order valence-electron chi connectivity index (χ4n) is 1.92. The molecule has 0 amide bonds. The first-order valence-corrected chi connectivity index (χ1v) is 5.44. The van der Waals surface area contributed by atoms with Crippen molar-refractivity contribution in [3.8, 4) is 0 Å². The van der Waals surface area contributed by atoms with Gasteiger partial charge in [-0.25, -0.2) is 0 Å². The topological polar surface area (TPSA) is 41.9 Å². The van der Waals surface area contributed by atoms with Crippen molar-refractivity contribution in [1.29, 1.82) is 0 Å². The highest BCUT2D eigenvalue weighted by Gasteiger charge is 2.40. The number of nitrogens with zero attached hydrogens (tertiary/aromatic N) is 1. The summed E-state index contributed by atoms with van der Waals surface area (Å²) in [5.74, 6) is 0. The minimum atomic E-state index is -4.57. The van der Waals surface area contributed by atoms with Crippen LogP contribution in [0.3, 0.4) is 0 Å². The Balaban J connectivity index is 2.47. The second kappa shape index (κ2) is 5.99. The Bertz CT molecular complexity index is 237. The lowest BCUT2D eigenvalue weighted by molar-refractivity contribution is -0.213. The van der Waals surface area contributed by atoms with Crippen LogP contribution in [0.5, 0.6) is 0 Å². The van der Waals surface area contributed by atoms with Gasteiger partial charge in [-0.05, 0) is 6.92 Å². The van der Waals surface area contributed by atoms with E-state index in [2.05, 4.69) is 0 Å². The van der Waals surface area contributed by atoms with Gasteiger partial charge in [0.05, 0.1) is 18.8 Å². The number of halogens is 3. The Hall–Kier alpha value is -0.370. The van der Waals surface area contributed by atoms with E-state index < -0.39 is 18.8 Å². The van der Waals surface area contributed by atoms with Crippen LogP contribution >= 0.6 is 0 Å². The first kappa shape index (κ1) is 14.7. The zero-order chi connectivity index (χ0) is 13.1. The number of aliphatic hydroxyl groups excluding tert-OH is 1. The first-order chi connectivity index (χ1) is 7.82. The quantitative estimate of drug-likeness (QED) is 0.802. The number of rotatable bonds is 4. The average Bonchev–Trinajstić information content (AvgIpc) is 2.15. The molecule has 1 aliphatic heterocycles. The number of methoxy groups -OCH3 is 1. The molecule has 0 unspecified atom stereocenters. The Kier molecular flexibility index (Phi) is 5.18. The summed E-state index contributed by atoms with van der Waals surface area (Å²) in [7, 11) is 1.51. The van der Waals surface area contributed by atoms with E-state index in [1.807, 2.05) is 0 Å². The Morgan fingerprint density at radius 2 is 2.12 bits per heavy atom. The van der Waals surface area contributed by atoms with Gasteiger partial charge in [0.1, 0.15) is 0 Å². The molecule has 102 valence electrons. The number of aliphatic hydroxyl groups is 1. The average molecular weight is 257 g/mol. The molecule has 0 aromatic heterocycles. The van der Waals surface area contributed by atoms with E-state index in [9.17, 15) is 13.2 Å². The van der Waals surface area contributed by atoms with Crippen LogP contribution in [0.2, 0.25) is 0 Å². The summed E-state index contributed by atoms with van der Waals surface area (Å²) in [5, 5.41) is 9.00. The van der Waals surface area contributed by atoms with Crippen LogP contribution < -0.4 is 0 Å². The van der Waals surface area contributed by atoms with E-state index in [4.69, 9.17) is 14.6 Å². The molecule has 0 aromatic rings. The van der Waals surface area contributed by atoms with Crippen molar-refractivity contribution in [1.82, 2.24) is 4.90 Å². The van der Waals surface area contributed by atoms with Crippen molar-refractivity contribution in [3.63, 3.8) is 0 Å². The fraction of sp³-hybridized carbons (Fsp3) is 1.00. The van der Waals surface area contributed by atoms with E-state index >= 15 is 0 Å². The maximum Gasteiger partial charge on any atom is 0.415 e. The van der Waals surface area contributed by atoms with Crippen molar-refractivity contribution in [3.05, 3.63) is 0 Å². The van der Waals surface area contributed by atoms with Crippen LogP contribution in [0.25, 0.3) is 0 Å². The molecule has 0 bridgehead atoms. The molecule has 1 aliphatic rings. The second-order valence-corrected chi connectivity index (χ2v) is 4.30. The monoisotopic (exact) mass is 257 g/mol. The molecule has 17 heavy (non-hydrogen) atoms. The lowest BCUT2D eigenvalue weighted by Gasteiger charge is -2.37. The third kappa shape index (κ3) is 4.79. The number of morpholine rings is 1. The molecule has 1 fully saturated rings. The van der Waals surface area contributed by atoms with Crippen molar-refractivity contribution < 1.29 is 27.8 Å². The maximum atomic E-state index is 12.2. The number of ether oxygens (including phenoxy) is 2. The highest BCUT2D eigenvalue weighted by molar-refractivity contribution is 4.79. The van der Waals surface area contributed by atoms with Gasteiger partial charge in [0.2, 0.25) is 0 Å². The van der Waals surface area contributed by atoms with Crippen LogP contribution in [0.4, 0.5) is 13.2 Å². The molecular weight excluding hydrogens is 239 g/mol. The Morgan fingerprint density at radius 1 is 1.47 bits per heavy atom. The van der Waals surface area contributed by atoms with E-state index in [1.54, 1.807) is 11.8 Å². The van der Waals surface area contributed by atoms with Crippen LogP contribution in [0, 0.1) is 0 Å². The van der Waals surface area contributed by atoms with Gasteiger partial charge in [-0.15, -0.1) is 0 Å². The van der Waals surface area contributed by atoms with Crippen molar-refractivity contribution in [2.45, 2.75) is 31.4 Å². The molecule has 1 saturated heterocycles. The van der Waals surface area contributed by atoms with E-state index in [0.29, 0.717) is 19.7 Å². The summed E-state index contributed by atoms with van der Waals surface area (Å²) in [6.07, 6.45) is -7.29. The summed E-state index contributed by atoms with van der Waals surface area (Å²) < 4.78 is 47.1. The molecule has 0 aromatic carbocycles. The predicted octanol–water partition coefficient (Wildman–Crippen LogP) is 0.645. The van der Waals surface area contributed by atoms with Gasteiger partial charge in [0.25, 0.3) is 0 Å². The molecule has 0 spiro atoms. The molecule has 1 heterocycles. The highest BCUT2D eigenvalue weighted by atomic mass is 19.4. The summed E-state index contributed by atoms with van der Waals surface area (Å²) in [4.78, 5) is 1.55. The molecule has 1 N–H and O–H groups in total. The zero-order valence-corrected chi connectivity index (χ0v) is 9.91. The minimum Gasteiger partial charge on any atom is -0.382 e. The summed E-state index contributed by atoms with van der Waals surface area (Å²) in [6, 6.07) is 0. The zero-order valence-electron chi connectivity index (χ0n) is 9.91. The summed E-state index contributed by atoms with van der Waals surface area (Å²) in [5.41, 5.74) is 0. The third-order valence-electron chi connectivity index (χ3n) is 2.56. The van der Waals surface area contributed by atoms with Gasteiger partial charge >= 0.3 is 6.18 Å². The smallest absolute Gasteiger partial charge is 0.382 e. The third-order valence-corrected chi connectivity index (χ3v) is 2.56. The summed E-state index contributed by atoms with van der Waals surface area (Å²) in [6.45, 7) is 2.42. The van der Waals surface area contributed by atoms with Gasteiger partial charge in [0.15, 0.2) is 6.10 Å². The number of hydrogen-bond acceptors (Lipinski definition) is 4. The van der Waals surface area contributed by atoms with E-state index in [0.717, 1.165) is 0 Å². The molecule has 0 saturated carbocycles. The molecule has 0 radical (unpaired) electrons. The van der Waals surface area contributed by atoms with Crippen molar-refractivity contribution >= 4 is 0 Å². The predicted molar refractivity (Wildman–Crippen MR) is 54.7 cm³/mol.